The van der Waals surface area contributed by atoms with Crippen LogP contribution in [0.2, 0.25) is 0 Å². The van der Waals surface area contributed by atoms with Crippen molar-refractivity contribution in [2.45, 2.75) is 77.6 Å². The molecule has 2 heterocycles. The molecule has 0 saturated carbocycles. The number of benzene rings is 9. The van der Waals surface area contributed by atoms with Crippen molar-refractivity contribution in [2.75, 3.05) is 9.80 Å². The van der Waals surface area contributed by atoms with Crippen LogP contribution in [0.1, 0.15) is 77.0 Å². The molecule has 0 bridgehead atoms. The highest BCUT2D eigenvalue weighted by atomic mass is 15.2. The van der Waals surface area contributed by atoms with Crippen LogP contribution >= 0.6 is 0 Å². The van der Waals surface area contributed by atoms with Gasteiger partial charge in [-0.2, -0.15) is 0 Å². The average molecular weight is 891 g/mol. The van der Waals surface area contributed by atoms with Crippen LogP contribution in [0.5, 0.6) is 0 Å². The van der Waals surface area contributed by atoms with Crippen molar-refractivity contribution < 1.29 is 0 Å². The van der Waals surface area contributed by atoms with Gasteiger partial charge < -0.3 is 9.80 Å². The predicted octanol–water partition coefficient (Wildman–Crippen LogP) is 16.1. The van der Waals surface area contributed by atoms with Gasteiger partial charge >= 0.3 is 0 Å². The van der Waals surface area contributed by atoms with E-state index in [1.807, 2.05) is 0 Å². The summed E-state index contributed by atoms with van der Waals surface area (Å²) >= 11 is 0. The molecule has 3 aliphatic rings. The molecule has 0 aromatic heterocycles. The minimum atomic E-state index is 0.0249. The highest BCUT2D eigenvalue weighted by Gasteiger charge is 2.46. The lowest BCUT2D eigenvalue weighted by Crippen LogP contribution is -2.61. The van der Waals surface area contributed by atoms with E-state index in [1.165, 1.54) is 112 Å². The number of rotatable bonds is 9. The SMILES string of the molecule is CCCCc1ccc2c(c1)N(c1cc(-c3ccccc3)cc(-c3ccccc3)c1)c1cccc3c1B2c1cc2c(cc1N3c1cc(-c3ccccc3)cc(-c3ccccc3)c1)C(C)(C)CCC2(C)C. The largest absolute Gasteiger partial charge is 0.311 e. The lowest BCUT2D eigenvalue weighted by molar-refractivity contribution is 0.332. The van der Waals surface area contributed by atoms with Gasteiger partial charge in [0.15, 0.2) is 0 Å². The zero-order valence-electron chi connectivity index (χ0n) is 40.6. The Morgan fingerprint density at radius 1 is 0.391 bits per heavy atom. The molecule has 0 unspecified atom stereocenters. The van der Waals surface area contributed by atoms with Crippen LogP contribution in [-0.2, 0) is 17.3 Å². The monoisotopic (exact) mass is 890 g/mol. The first-order valence-corrected chi connectivity index (χ1v) is 25.2. The third-order valence-corrected chi connectivity index (χ3v) is 15.6. The van der Waals surface area contributed by atoms with E-state index in [-0.39, 0.29) is 17.5 Å². The van der Waals surface area contributed by atoms with E-state index < -0.39 is 0 Å². The summed E-state index contributed by atoms with van der Waals surface area (Å²) in [5.41, 5.74) is 25.5. The van der Waals surface area contributed by atoms with E-state index in [0.717, 1.165) is 32.1 Å². The van der Waals surface area contributed by atoms with Gasteiger partial charge in [0.1, 0.15) is 0 Å². The summed E-state index contributed by atoms with van der Waals surface area (Å²) in [7, 11) is 0. The summed E-state index contributed by atoms with van der Waals surface area (Å²) in [5.74, 6) is 0. The minimum absolute atomic E-state index is 0.0249. The fraction of sp³-hybridized carbons (Fsp3) is 0.182. The fourth-order valence-electron chi connectivity index (χ4n) is 11.8. The quantitative estimate of drug-likeness (QED) is 0.133. The van der Waals surface area contributed by atoms with E-state index in [9.17, 15) is 0 Å². The maximum atomic E-state index is 2.66. The van der Waals surface area contributed by atoms with Crippen molar-refractivity contribution in [2.24, 2.45) is 0 Å². The predicted molar refractivity (Wildman–Crippen MR) is 296 cm³/mol. The number of hydrogen-bond donors (Lipinski definition) is 0. The fourth-order valence-corrected chi connectivity index (χ4v) is 11.8. The van der Waals surface area contributed by atoms with Gasteiger partial charge in [-0.3, -0.25) is 0 Å². The summed E-state index contributed by atoms with van der Waals surface area (Å²) in [5, 5.41) is 0. The molecule has 12 rings (SSSR count). The van der Waals surface area contributed by atoms with Crippen LogP contribution in [-0.4, -0.2) is 6.71 Å². The molecule has 0 saturated heterocycles. The third-order valence-electron chi connectivity index (χ3n) is 15.6. The van der Waals surface area contributed by atoms with Crippen molar-refractivity contribution in [3.05, 3.63) is 223 Å². The van der Waals surface area contributed by atoms with Gasteiger partial charge in [0.2, 0.25) is 0 Å². The van der Waals surface area contributed by atoms with Gasteiger partial charge in [0, 0.05) is 34.1 Å². The Kier molecular flexibility index (Phi) is 10.6. The molecule has 0 fully saturated rings. The molecule has 0 radical (unpaired) electrons. The first kappa shape index (κ1) is 43.0. The van der Waals surface area contributed by atoms with E-state index in [0.29, 0.717) is 0 Å². The lowest BCUT2D eigenvalue weighted by atomic mass is 9.33. The average Bonchev–Trinajstić information content (AvgIpc) is 3.39. The Balaban J connectivity index is 1.17. The van der Waals surface area contributed by atoms with Gasteiger partial charge in [0.25, 0.3) is 6.71 Å². The summed E-state index contributed by atoms with van der Waals surface area (Å²) in [4.78, 5) is 5.25. The molecule has 69 heavy (non-hydrogen) atoms. The summed E-state index contributed by atoms with van der Waals surface area (Å²) in [6.45, 7) is 12.2. The highest BCUT2D eigenvalue weighted by molar-refractivity contribution is 7.00. The van der Waals surface area contributed by atoms with Crippen LogP contribution in [0.4, 0.5) is 34.1 Å². The maximum absolute atomic E-state index is 2.66. The zero-order valence-corrected chi connectivity index (χ0v) is 40.6. The van der Waals surface area contributed by atoms with Crippen molar-refractivity contribution in [3.63, 3.8) is 0 Å². The number of unbranched alkanes of at least 4 members (excludes halogenated alkanes) is 1. The van der Waals surface area contributed by atoms with Gasteiger partial charge in [-0.15, -0.1) is 0 Å². The standard InChI is InChI=1S/C66H59BN2/c1-6-7-21-45-32-33-58-62(36-45)68(54-39-50(46-22-12-8-13-23-46)37-51(40-54)47-24-14-9-15-25-47)60-30-20-31-61-64(60)67(58)59-43-56-57(66(4,5)35-34-65(56,2)3)44-63(59)69(61)55-41-52(48-26-16-10-17-27-48)38-53(42-55)49-28-18-11-19-29-49/h8-20,22-33,36-44H,6-7,21,34-35H2,1-5H3. The second-order valence-corrected chi connectivity index (χ2v) is 21.0. The highest BCUT2D eigenvalue weighted by Crippen LogP contribution is 2.51. The van der Waals surface area contributed by atoms with Crippen LogP contribution in [0.15, 0.2) is 206 Å². The molecule has 0 amide bonds. The molecule has 1 aliphatic carbocycles. The normalized spacial score (nSPS) is 14.9. The summed E-state index contributed by atoms with van der Waals surface area (Å²) in [6, 6.07) is 78.0. The summed E-state index contributed by atoms with van der Waals surface area (Å²) in [6.07, 6.45) is 5.69. The summed E-state index contributed by atoms with van der Waals surface area (Å²) < 4.78 is 0. The molecule has 2 aliphatic heterocycles. The van der Waals surface area contributed by atoms with Crippen LogP contribution in [0, 0.1) is 0 Å². The number of fused-ring (bicyclic) bond motifs is 5. The Hall–Kier alpha value is -7.36. The lowest BCUT2D eigenvalue weighted by Gasteiger charge is -2.47. The number of anilines is 6. The molecule has 0 spiro atoms. The number of hydrogen-bond acceptors (Lipinski definition) is 2. The zero-order chi connectivity index (χ0) is 46.9. The molecule has 0 N–H and O–H groups in total. The molecule has 0 atom stereocenters. The van der Waals surface area contributed by atoms with Gasteiger partial charge in [0.05, 0.1) is 0 Å². The van der Waals surface area contributed by atoms with Crippen molar-refractivity contribution in [1.29, 1.82) is 0 Å². The Bertz CT molecular complexity index is 3260. The maximum Gasteiger partial charge on any atom is 0.252 e. The van der Waals surface area contributed by atoms with Crippen LogP contribution < -0.4 is 26.2 Å². The van der Waals surface area contributed by atoms with Gasteiger partial charge in [-0.05, 0) is 175 Å². The van der Waals surface area contributed by atoms with Crippen molar-refractivity contribution in [1.82, 2.24) is 0 Å². The number of nitrogens with zero attached hydrogens (tertiary/aromatic N) is 2. The van der Waals surface area contributed by atoms with Crippen molar-refractivity contribution in [3.8, 4) is 44.5 Å². The van der Waals surface area contributed by atoms with Crippen LogP contribution in [0.3, 0.4) is 0 Å². The Morgan fingerprint density at radius 3 is 1.25 bits per heavy atom. The van der Waals surface area contributed by atoms with Gasteiger partial charge in [-0.1, -0.05) is 187 Å². The molecular weight excluding hydrogens is 832 g/mol. The van der Waals surface area contributed by atoms with E-state index >= 15 is 0 Å². The second-order valence-electron chi connectivity index (χ2n) is 21.0. The Morgan fingerprint density at radius 2 is 0.812 bits per heavy atom. The molecule has 3 heteroatoms. The van der Waals surface area contributed by atoms with E-state index in [4.69, 9.17) is 0 Å². The van der Waals surface area contributed by atoms with Crippen LogP contribution in [0.25, 0.3) is 44.5 Å². The first-order valence-electron chi connectivity index (χ1n) is 25.2. The molecular formula is C66H59BN2. The van der Waals surface area contributed by atoms with E-state index in [2.05, 4.69) is 251 Å². The molecule has 9 aromatic rings. The first-order chi connectivity index (χ1) is 33.6. The minimum Gasteiger partial charge on any atom is -0.311 e. The topological polar surface area (TPSA) is 6.48 Å². The molecule has 336 valence electrons. The van der Waals surface area contributed by atoms with E-state index in [1.54, 1.807) is 0 Å². The second kappa shape index (κ2) is 17.0. The Labute approximate surface area is 410 Å². The van der Waals surface area contributed by atoms with Gasteiger partial charge in [-0.25, -0.2) is 0 Å². The smallest absolute Gasteiger partial charge is 0.252 e. The molecule has 2 nitrogen and oxygen atoms in total. The molecule has 9 aromatic carbocycles. The third kappa shape index (κ3) is 7.51. The van der Waals surface area contributed by atoms with Crippen molar-refractivity contribution >= 4 is 57.2 Å². The number of aryl methyl sites for hydroxylation is 1.